The molecule has 1 aromatic heterocycles. The van der Waals surface area contributed by atoms with Gasteiger partial charge in [-0.05, 0) is 6.07 Å². The standard InChI is InChI=1S/C7H4N4/c1-8-5-3-2-4-6-7(5)10-11-9-6/h2-4H,(H,9,10,11). The number of benzene rings is 1. The lowest BCUT2D eigenvalue weighted by Crippen LogP contribution is -1.67. The first-order chi connectivity index (χ1) is 5.42. The first-order valence-electron chi connectivity index (χ1n) is 3.09. The molecule has 2 rings (SSSR count). The van der Waals surface area contributed by atoms with Crippen molar-refractivity contribution in [1.82, 2.24) is 15.4 Å². The van der Waals surface area contributed by atoms with Gasteiger partial charge in [0.2, 0.25) is 5.69 Å². The summed E-state index contributed by atoms with van der Waals surface area (Å²) in [5.74, 6) is 0. The van der Waals surface area contributed by atoms with E-state index in [1.807, 2.05) is 6.07 Å². The fourth-order valence-corrected chi connectivity index (χ4v) is 0.943. The van der Waals surface area contributed by atoms with Gasteiger partial charge in [-0.25, -0.2) is 4.85 Å². The minimum atomic E-state index is 0.538. The van der Waals surface area contributed by atoms with Crippen LogP contribution in [-0.2, 0) is 0 Å². The molecule has 4 heteroatoms. The number of rotatable bonds is 0. The fourth-order valence-electron chi connectivity index (χ4n) is 0.943. The summed E-state index contributed by atoms with van der Waals surface area (Å²) < 4.78 is 0. The Bertz CT molecular complexity index is 423. The summed E-state index contributed by atoms with van der Waals surface area (Å²) in [5.41, 5.74) is 1.91. The van der Waals surface area contributed by atoms with E-state index in [0.29, 0.717) is 11.2 Å². The third-order valence-corrected chi connectivity index (χ3v) is 1.45. The lowest BCUT2D eigenvalue weighted by Gasteiger charge is -1.86. The van der Waals surface area contributed by atoms with Crippen molar-refractivity contribution in [2.75, 3.05) is 0 Å². The van der Waals surface area contributed by atoms with Gasteiger partial charge in [-0.15, -0.1) is 0 Å². The monoisotopic (exact) mass is 144 g/mol. The molecule has 0 aliphatic rings. The minimum Gasteiger partial charge on any atom is -0.236 e. The van der Waals surface area contributed by atoms with Crippen molar-refractivity contribution in [3.05, 3.63) is 29.6 Å². The zero-order chi connectivity index (χ0) is 7.68. The Morgan fingerprint density at radius 1 is 1.36 bits per heavy atom. The Hall–Kier alpha value is -1.89. The molecule has 0 aliphatic heterocycles. The molecule has 0 saturated heterocycles. The van der Waals surface area contributed by atoms with Gasteiger partial charge in [0.15, 0.2) is 0 Å². The highest BCUT2D eigenvalue weighted by Crippen LogP contribution is 2.20. The van der Waals surface area contributed by atoms with Gasteiger partial charge in [0.1, 0.15) is 11.0 Å². The minimum absolute atomic E-state index is 0.538. The Morgan fingerprint density at radius 3 is 3.09 bits per heavy atom. The van der Waals surface area contributed by atoms with Crippen LogP contribution in [0.25, 0.3) is 15.9 Å². The van der Waals surface area contributed by atoms with Gasteiger partial charge >= 0.3 is 0 Å². The average Bonchev–Trinajstić information content (AvgIpc) is 2.50. The van der Waals surface area contributed by atoms with Gasteiger partial charge in [-0.2, -0.15) is 15.4 Å². The van der Waals surface area contributed by atoms with E-state index in [9.17, 15) is 0 Å². The highest BCUT2D eigenvalue weighted by atomic mass is 15.3. The highest BCUT2D eigenvalue weighted by Gasteiger charge is 2.01. The highest BCUT2D eigenvalue weighted by molar-refractivity contribution is 5.87. The largest absolute Gasteiger partial charge is 0.236 e. The Kier molecular flexibility index (Phi) is 1.10. The topological polar surface area (TPSA) is 45.9 Å². The fraction of sp³-hybridized carbons (Fsp3) is 0. The van der Waals surface area contributed by atoms with Crippen LogP contribution < -0.4 is 0 Å². The van der Waals surface area contributed by atoms with E-state index in [1.54, 1.807) is 12.1 Å². The van der Waals surface area contributed by atoms with Crippen LogP contribution in [-0.4, -0.2) is 15.4 Å². The second-order valence-electron chi connectivity index (χ2n) is 2.08. The molecule has 52 valence electrons. The predicted octanol–water partition coefficient (Wildman–Crippen LogP) is 1.51. The van der Waals surface area contributed by atoms with E-state index in [2.05, 4.69) is 20.3 Å². The van der Waals surface area contributed by atoms with E-state index in [1.165, 1.54) is 0 Å². The van der Waals surface area contributed by atoms with E-state index in [4.69, 9.17) is 6.57 Å². The van der Waals surface area contributed by atoms with Crippen molar-refractivity contribution in [1.29, 1.82) is 0 Å². The maximum absolute atomic E-state index is 6.81. The number of aromatic nitrogens is 3. The quantitative estimate of drug-likeness (QED) is 0.569. The molecule has 0 atom stereocenters. The molecule has 0 radical (unpaired) electrons. The molecule has 0 saturated carbocycles. The number of hydrogen-bond acceptors (Lipinski definition) is 2. The van der Waals surface area contributed by atoms with Crippen LogP contribution >= 0.6 is 0 Å². The smallest absolute Gasteiger partial charge is 0.216 e. The Balaban J connectivity index is 2.92. The summed E-state index contributed by atoms with van der Waals surface area (Å²) in [4.78, 5) is 3.30. The first kappa shape index (κ1) is 5.86. The second-order valence-corrected chi connectivity index (χ2v) is 2.08. The molecule has 0 fully saturated rings. The predicted molar refractivity (Wildman–Crippen MR) is 40.2 cm³/mol. The molecule has 0 aliphatic carbocycles. The number of aromatic amines is 1. The van der Waals surface area contributed by atoms with Crippen molar-refractivity contribution in [2.24, 2.45) is 0 Å². The van der Waals surface area contributed by atoms with Crippen molar-refractivity contribution in [3.63, 3.8) is 0 Å². The number of para-hydroxylation sites is 1. The van der Waals surface area contributed by atoms with Crippen molar-refractivity contribution >= 4 is 16.7 Å². The maximum atomic E-state index is 6.81. The molecule has 1 heterocycles. The van der Waals surface area contributed by atoms with Gasteiger partial charge < -0.3 is 0 Å². The third-order valence-electron chi connectivity index (χ3n) is 1.45. The number of nitrogens with zero attached hydrogens (tertiary/aromatic N) is 3. The first-order valence-corrected chi connectivity index (χ1v) is 3.09. The van der Waals surface area contributed by atoms with E-state index in [-0.39, 0.29) is 0 Å². The molecule has 0 unspecified atom stereocenters. The summed E-state index contributed by atoms with van der Waals surface area (Å²) in [6.45, 7) is 6.81. The normalized spacial score (nSPS) is 9.73. The number of H-pyrrole nitrogens is 1. The van der Waals surface area contributed by atoms with Gasteiger partial charge in [0.05, 0.1) is 6.57 Å². The lowest BCUT2D eigenvalue weighted by atomic mass is 10.3. The van der Waals surface area contributed by atoms with Gasteiger partial charge in [-0.3, -0.25) is 0 Å². The van der Waals surface area contributed by atoms with E-state index < -0.39 is 0 Å². The van der Waals surface area contributed by atoms with Crippen LogP contribution in [0.4, 0.5) is 5.69 Å². The molecule has 2 aromatic rings. The van der Waals surface area contributed by atoms with Gasteiger partial charge in [0, 0.05) is 0 Å². The summed E-state index contributed by atoms with van der Waals surface area (Å²) in [7, 11) is 0. The summed E-state index contributed by atoms with van der Waals surface area (Å²) >= 11 is 0. The number of nitrogens with one attached hydrogen (secondary N) is 1. The Labute approximate surface area is 62.7 Å². The van der Waals surface area contributed by atoms with Crippen LogP contribution in [0.3, 0.4) is 0 Å². The molecule has 11 heavy (non-hydrogen) atoms. The Morgan fingerprint density at radius 2 is 2.27 bits per heavy atom. The summed E-state index contributed by atoms with van der Waals surface area (Å²) in [5, 5.41) is 10.2. The van der Waals surface area contributed by atoms with Crippen molar-refractivity contribution in [2.45, 2.75) is 0 Å². The summed E-state index contributed by atoms with van der Waals surface area (Å²) in [6, 6.07) is 5.32. The zero-order valence-electron chi connectivity index (χ0n) is 5.57. The van der Waals surface area contributed by atoms with Crippen LogP contribution in [0.1, 0.15) is 0 Å². The molecule has 0 spiro atoms. The molecule has 1 N–H and O–H groups in total. The molecule has 0 amide bonds. The van der Waals surface area contributed by atoms with Crippen LogP contribution in [0.5, 0.6) is 0 Å². The maximum Gasteiger partial charge on any atom is 0.216 e. The third kappa shape index (κ3) is 0.749. The SMILES string of the molecule is [C-]#[N+]c1cccc2n[nH]nc12. The number of hydrogen-bond donors (Lipinski definition) is 1. The van der Waals surface area contributed by atoms with Crippen LogP contribution in [0.2, 0.25) is 0 Å². The average molecular weight is 144 g/mol. The molecular formula is C7H4N4. The molecule has 0 bridgehead atoms. The second kappa shape index (κ2) is 2.06. The van der Waals surface area contributed by atoms with Crippen LogP contribution in [0.15, 0.2) is 18.2 Å². The summed E-state index contributed by atoms with van der Waals surface area (Å²) in [6.07, 6.45) is 0. The molecule has 1 aromatic carbocycles. The van der Waals surface area contributed by atoms with Gasteiger partial charge in [0.25, 0.3) is 0 Å². The van der Waals surface area contributed by atoms with Crippen molar-refractivity contribution < 1.29 is 0 Å². The van der Waals surface area contributed by atoms with Crippen molar-refractivity contribution in [3.8, 4) is 0 Å². The lowest BCUT2D eigenvalue weighted by molar-refractivity contribution is 0.960. The number of fused-ring (bicyclic) bond motifs is 1. The van der Waals surface area contributed by atoms with E-state index >= 15 is 0 Å². The zero-order valence-corrected chi connectivity index (χ0v) is 5.57. The van der Waals surface area contributed by atoms with Crippen LogP contribution in [0, 0.1) is 6.57 Å². The van der Waals surface area contributed by atoms with E-state index in [0.717, 1.165) is 5.52 Å². The molecular weight excluding hydrogens is 140 g/mol. The van der Waals surface area contributed by atoms with Gasteiger partial charge in [-0.1, -0.05) is 12.1 Å². The molecule has 4 nitrogen and oxygen atoms in total.